The Hall–Kier alpha value is -0.720. The van der Waals surface area contributed by atoms with E-state index in [-0.39, 0.29) is 23.7 Å². The number of nitrogens with one attached hydrogen (secondary N) is 1. The van der Waals surface area contributed by atoms with Gasteiger partial charge in [-0.2, -0.15) is 0 Å². The average Bonchev–Trinajstić information content (AvgIpc) is 3.04. The second-order valence-electron chi connectivity index (χ2n) is 6.37. The summed E-state index contributed by atoms with van der Waals surface area (Å²) in [5.74, 6) is 1.74. The molecule has 0 bridgehead atoms. The zero-order valence-electron chi connectivity index (χ0n) is 12.1. The smallest absolute Gasteiger partial charge is 0.244 e. The molecule has 1 aromatic rings. The van der Waals surface area contributed by atoms with Crippen molar-refractivity contribution in [2.45, 2.75) is 50.4 Å². The van der Waals surface area contributed by atoms with Crippen LogP contribution in [0.25, 0.3) is 0 Å². The molecule has 3 aliphatic rings. The van der Waals surface area contributed by atoms with Gasteiger partial charge in [-0.05, 0) is 44.7 Å². The Morgan fingerprint density at radius 2 is 2.05 bits per heavy atom. The van der Waals surface area contributed by atoms with Crippen LogP contribution >= 0.6 is 11.3 Å². The predicted octanol–water partition coefficient (Wildman–Crippen LogP) is 1.93. The Morgan fingerprint density at radius 1 is 1.33 bits per heavy atom. The number of hydrogen-bond acceptors (Lipinski definition) is 4. The van der Waals surface area contributed by atoms with Gasteiger partial charge in [0.1, 0.15) is 11.7 Å². The maximum absolute atomic E-state index is 12.9. The summed E-state index contributed by atoms with van der Waals surface area (Å²) in [7, 11) is -0.683. The lowest BCUT2D eigenvalue weighted by Gasteiger charge is -2.34. The van der Waals surface area contributed by atoms with Crippen molar-refractivity contribution in [1.82, 2.24) is 10.2 Å². The Bertz CT molecular complexity index is 599. The van der Waals surface area contributed by atoms with E-state index in [1.165, 1.54) is 9.75 Å². The van der Waals surface area contributed by atoms with E-state index in [1.807, 2.05) is 0 Å². The molecule has 1 saturated carbocycles. The average molecular weight is 324 g/mol. The molecule has 21 heavy (non-hydrogen) atoms. The molecule has 3 fully saturated rings. The maximum atomic E-state index is 12.9. The van der Waals surface area contributed by atoms with Gasteiger partial charge in [0.05, 0.1) is 0 Å². The second kappa shape index (κ2) is 4.89. The molecule has 1 amide bonds. The van der Waals surface area contributed by atoms with Crippen molar-refractivity contribution in [2.24, 2.45) is 0 Å². The summed E-state index contributed by atoms with van der Waals surface area (Å²) in [5, 5.41) is 3.59. The molecule has 0 radical (unpaired) electrons. The van der Waals surface area contributed by atoms with Crippen LogP contribution in [0.15, 0.2) is 12.1 Å². The van der Waals surface area contributed by atoms with E-state index in [9.17, 15) is 9.00 Å². The van der Waals surface area contributed by atoms with E-state index in [1.54, 1.807) is 11.3 Å². The van der Waals surface area contributed by atoms with Gasteiger partial charge < -0.3 is 4.90 Å². The molecule has 4 rings (SSSR count). The lowest BCUT2D eigenvalue weighted by atomic mass is 10.1. The summed E-state index contributed by atoms with van der Waals surface area (Å²) in [6.45, 7) is 2.10. The van der Waals surface area contributed by atoms with Crippen LogP contribution in [0.3, 0.4) is 0 Å². The number of rotatable bonds is 2. The highest BCUT2D eigenvalue weighted by Crippen LogP contribution is 2.48. The molecule has 1 atom stereocenters. The Morgan fingerprint density at radius 3 is 2.62 bits per heavy atom. The normalized spacial score (nSPS) is 34.6. The van der Waals surface area contributed by atoms with E-state index in [0.717, 1.165) is 37.2 Å². The number of nitrogens with zero attached hydrogens (tertiary/aromatic N) is 1. The highest BCUT2D eigenvalue weighted by Gasteiger charge is 2.60. The monoisotopic (exact) mass is 324 g/mol. The standard InChI is InChI=1S/C15H20N2O2S2/c1-10-2-3-12(20-10)13-16-15(6-7-15)14(18)17(13)11-4-8-21(19)9-5-11/h2-3,11,13,16H,4-9H2,1H3. The Labute approximate surface area is 131 Å². The molecule has 1 spiro atoms. The minimum absolute atomic E-state index is 0.0234. The van der Waals surface area contributed by atoms with E-state index in [2.05, 4.69) is 29.3 Å². The van der Waals surface area contributed by atoms with Crippen molar-refractivity contribution in [3.8, 4) is 0 Å². The number of thiophene rings is 1. The molecule has 6 heteroatoms. The molecule has 1 aliphatic carbocycles. The Balaban J connectivity index is 1.64. The van der Waals surface area contributed by atoms with Crippen LogP contribution in [-0.2, 0) is 15.6 Å². The summed E-state index contributed by atoms with van der Waals surface area (Å²) < 4.78 is 11.6. The summed E-state index contributed by atoms with van der Waals surface area (Å²) in [4.78, 5) is 17.4. The summed E-state index contributed by atoms with van der Waals surface area (Å²) in [6, 6.07) is 4.51. The lowest BCUT2D eigenvalue weighted by molar-refractivity contribution is -0.133. The van der Waals surface area contributed by atoms with Gasteiger partial charge in [0.25, 0.3) is 0 Å². The van der Waals surface area contributed by atoms with Crippen molar-refractivity contribution in [2.75, 3.05) is 11.5 Å². The molecule has 114 valence electrons. The van der Waals surface area contributed by atoms with Crippen LogP contribution in [-0.4, -0.2) is 38.1 Å². The third-order valence-corrected chi connectivity index (χ3v) is 7.30. The molecule has 1 N–H and O–H groups in total. The fraction of sp³-hybridized carbons (Fsp3) is 0.667. The third-order valence-electron chi connectivity index (χ3n) is 4.87. The minimum atomic E-state index is -0.683. The van der Waals surface area contributed by atoms with Gasteiger partial charge in [-0.3, -0.25) is 14.3 Å². The van der Waals surface area contributed by atoms with Crippen molar-refractivity contribution in [3.63, 3.8) is 0 Å². The molecule has 0 aromatic carbocycles. The first-order valence-corrected chi connectivity index (χ1v) is 9.91. The largest absolute Gasteiger partial charge is 0.317 e. The molecule has 1 aromatic heterocycles. The van der Waals surface area contributed by atoms with Crippen LogP contribution in [0, 0.1) is 6.92 Å². The maximum Gasteiger partial charge on any atom is 0.244 e. The van der Waals surface area contributed by atoms with E-state index >= 15 is 0 Å². The van der Waals surface area contributed by atoms with Crippen LogP contribution in [0.5, 0.6) is 0 Å². The van der Waals surface area contributed by atoms with Crippen molar-refractivity contribution >= 4 is 28.0 Å². The van der Waals surface area contributed by atoms with Gasteiger partial charge in [0.15, 0.2) is 0 Å². The second-order valence-corrected chi connectivity index (χ2v) is 9.38. The molecular formula is C15H20N2O2S2. The van der Waals surface area contributed by atoms with E-state index in [0.29, 0.717) is 0 Å². The van der Waals surface area contributed by atoms with Crippen LogP contribution in [0.4, 0.5) is 0 Å². The first-order valence-electron chi connectivity index (χ1n) is 7.61. The number of aryl methyl sites for hydroxylation is 1. The highest BCUT2D eigenvalue weighted by atomic mass is 32.2. The van der Waals surface area contributed by atoms with E-state index in [4.69, 9.17) is 0 Å². The topological polar surface area (TPSA) is 49.4 Å². The first kappa shape index (κ1) is 13.9. The van der Waals surface area contributed by atoms with Crippen molar-refractivity contribution in [1.29, 1.82) is 0 Å². The number of amides is 1. The molecule has 2 saturated heterocycles. The van der Waals surface area contributed by atoms with Crippen molar-refractivity contribution < 1.29 is 9.00 Å². The fourth-order valence-corrected chi connectivity index (χ4v) is 5.69. The minimum Gasteiger partial charge on any atom is -0.317 e. The number of carbonyl (C=O) groups is 1. The van der Waals surface area contributed by atoms with Gasteiger partial charge >= 0.3 is 0 Å². The third kappa shape index (κ3) is 2.28. The van der Waals surface area contributed by atoms with Gasteiger partial charge in [-0.1, -0.05) is 0 Å². The lowest BCUT2D eigenvalue weighted by Crippen LogP contribution is -2.43. The number of hydrogen-bond donors (Lipinski definition) is 1. The molecule has 2 aliphatic heterocycles. The zero-order chi connectivity index (χ0) is 14.6. The summed E-state index contributed by atoms with van der Waals surface area (Å²) in [5.41, 5.74) is -0.279. The highest BCUT2D eigenvalue weighted by molar-refractivity contribution is 7.85. The Kier molecular flexibility index (Phi) is 3.24. The predicted molar refractivity (Wildman–Crippen MR) is 84.6 cm³/mol. The molecular weight excluding hydrogens is 304 g/mol. The molecule has 1 unspecified atom stereocenters. The van der Waals surface area contributed by atoms with Crippen LogP contribution in [0.1, 0.15) is 41.6 Å². The fourth-order valence-electron chi connectivity index (χ4n) is 3.49. The van der Waals surface area contributed by atoms with Gasteiger partial charge in [0, 0.05) is 38.1 Å². The van der Waals surface area contributed by atoms with Gasteiger partial charge in [-0.15, -0.1) is 11.3 Å². The summed E-state index contributed by atoms with van der Waals surface area (Å²) in [6.07, 6.45) is 3.69. The zero-order valence-corrected chi connectivity index (χ0v) is 13.8. The van der Waals surface area contributed by atoms with Gasteiger partial charge in [-0.25, -0.2) is 0 Å². The van der Waals surface area contributed by atoms with Crippen LogP contribution < -0.4 is 5.32 Å². The van der Waals surface area contributed by atoms with Crippen molar-refractivity contribution in [3.05, 3.63) is 21.9 Å². The first-order chi connectivity index (χ1) is 10.1. The summed E-state index contributed by atoms with van der Waals surface area (Å²) >= 11 is 1.77. The SMILES string of the molecule is Cc1ccc(C2NC3(CC3)C(=O)N2C2CCS(=O)CC2)s1. The quantitative estimate of drug-likeness (QED) is 0.904. The number of carbonyl (C=O) groups excluding carboxylic acids is 1. The van der Waals surface area contributed by atoms with Crippen LogP contribution in [0.2, 0.25) is 0 Å². The van der Waals surface area contributed by atoms with E-state index < -0.39 is 10.8 Å². The molecule has 3 heterocycles. The van der Waals surface area contributed by atoms with Gasteiger partial charge in [0.2, 0.25) is 5.91 Å². The molecule has 4 nitrogen and oxygen atoms in total.